The first-order valence-corrected chi connectivity index (χ1v) is 35.8. The van der Waals surface area contributed by atoms with Crippen molar-refractivity contribution in [2.75, 3.05) is 39.4 Å². The van der Waals surface area contributed by atoms with E-state index in [1.54, 1.807) is 27.7 Å². The number of nitrogens with two attached hydrogens (primary N) is 5. The van der Waals surface area contributed by atoms with E-state index in [1.807, 2.05) is 10.6 Å². The number of guanidine groups is 1. The van der Waals surface area contributed by atoms with Crippen molar-refractivity contribution in [3.63, 3.8) is 0 Å². The van der Waals surface area contributed by atoms with Crippen LogP contribution in [0, 0.1) is 17.2 Å². The Balaban J connectivity index is 2.35. The SMILES string of the molecule is CC(C)C[C@H](NC(=O)[C@H](CC(=O)O)NC(=O)[C@H](CCC(N)=O)NC(=O)[C@H](CO)NC(=O)[C@H](CC(=O)O)NC(=O)[C@H](CO)NC(=O)[C@@H]1CCCN1C(=O)[C@H](CC(C)C)NC(=O)[C@H](CC(N)=O)NC(=O)[C@H](CCCNC(=N)N)NC(=O)[C@@H](N)CC(=O)O)C(=O)NCC(=O)N[C@@H](CCC(N)=O)C(=O)N[C@@H](Cc1c[nH]cn1)C(=O)NCC(=O)O. The molecule has 50 heteroatoms. The molecule has 1 fully saturated rings. The minimum Gasteiger partial charge on any atom is -0.481 e. The Morgan fingerprint density at radius 1 is 0.470 bits per heavy atom. The van der Waals surface area contributed by atoms with Gasteiger partial charge in [0.2, 0.25) is 100 Å². The lowest BCUT2D eigenvalue weighted by atomic mass is 10.0. The van der Waals surface area contributed by atoms with E-state index in [9.17, 15) is 121 Å². The van der Waals surface area contributed by atoms with Crippen LogP contribution in [0.5, 0.6) is 0 Å². The predicted octanol–water partition coefficient (Wildman–Crippen LogP) is -12.9. The average Bonchev–Trinajstić information content (AvgIpc) is 1.73. The number of carboxylic acids is 4. The zero-order valence-corrected chi connectivity index (χ0v) is 63.2. The maximum Gasteiger partial charge on any atom is 0.322 e. The highest BCUT2D eigenvalue weighted by molar-refractivity contribution is 6.02. The smallest absolute Gasteiger partial charge is 0.322 e. The number of aliphatic carboxylic acids is 4. The van der Waals surface area contributed by atoms with Crippen LogP contribution in [0.2, 0.25) is 0 Å². The Morgan fingerprint density at radius 3 is 1.34 bits per heavy atom. The van der Waals surface area contributed by atoms with Crippen LogP contribution in [-0.4, -0.2) is 294 Å². The van der Waals surface area contributed by atoms with E-state index in [2.05, 4.69) is 73.8 Å². The molecule has 2 heterocycles. The Labute approximate surface area is 654 Å². The van der Waals surface area contributed by atoms with Gasteiger partial charge in [0.05, 0.1) is 63.5 Å². The van der Waals surface area contributed by atoms with Gasteiger partial charge in [-0.25, -0.2) is 4.98 Å². The zero-order valence-electron chi connectivity index (χ0n) is 63.2. The summed E-state index contributed by atoms with van der Waals surface area (Å²) in [4.78, 5) is 283. The van der Waals surface area contributed by atoms with Gasteiger partial charge in [-0.05, 0) is 63.2 Å². The number of nitrogens with one attached hydrogen (secondary N) is 16. The quantitative estimate of drug-likeness (QED) is 0.0164. The van der Waals surface area contributed by atoms with Gasteiger partial charge in [-0.2, -0.15) is 0 Å². The molecule has 640 valence electrons. The standard InChI is InChI=1S/C65H103N23O27/c1-28(2)15-35(53(104)74-23-47(94)77-33(9-11-44(67)91)56(107)81-36(17-30-22-72-27-76-30)54(105)75-24-51(101)102)80-59(110)38(20-49(97)98)83-57(108)34(10-12-45(68)92)79-61(112)41(25-89)86-60(111)39(21-50(99)100)84-62(113)42(26-90)87-63(114)43-8-6-14-88(43)64(115)40(16-29(3)4)85-58(109)37(19-46(69)93)82-55(106)32(7-5-13-73-65(70)71)78-52(103)31(66)18-48(95)96/h22,27-29,31-43,89-90H,5-21,23-26,66H2,1-4H3,(H2,67,91)(H2,68,92)(H2,69,93)(H,72,76)(H,74,104)(H,75,105)(H,77,94)(H,78,103)(H,79,112)(H,80,110)(H,81,107)(H,82,106)(H,83,108)(H,84,113)(H,85,109)(H,86,111)(H,87,114)(H,95,96)(H,97,98)(H,99,100)(H,101,102)(H4,70,71,73)/t31-,32-,33-,34-,35-,36-,37-,38-,39-,40-,41-,42-,43-/m0/s1. The normalized spacial score (nSPS) is 15.4. The highest BCUT2D eigenvalue weighted by Crippen LogP contribution is 2.22. The number of aromatic amines is 1. The van der Waals surface area contributed by atoms with Gasteiger partial charge in [0, 0.05) is 38.5 Å². The zero-order chi connectivity index (χ0) is 87.1. The average molecular weight is 1640 g/mol. The number of amides is 17. The predicted molar refractivity (Wildman–Crippen MR) is 390 cm³/mol. The summed E-state index contributed by atoms with van der Waals surface area (Å²) in [5.41, 5.74) is 27.3. The number of H-pyrrole nitrogens is 1. The third-order valence-corrected chi connectivity index (χ3v) is 16.6. The Morgan fingerprint density at radius 2 is 0.878 bits per heavy atom. The highest BCUT2D eigenvalue weighted by atomic mass is 16.4. The van der Waals surface area contributed by atoms with Crippen LogP contribution in [0.3, 0.4) is 0 Å². The van der Waals surface area contributed by atoms with E-state index in [4.69, 9.17) is 44.3 Å². The number of hydrogen-bond acceptors (Lipinski definition) is 26. The van der Waals surface area contributed by atoms with Crippen LogP contribution < -0.4 is 103 Å². The third-order valence-electron chi connectivity index (χ3n) is 16.6. The van der Waals surface area contributed by atoms with E-state index in [0.717, 1.165) is 4.90 Å². The Hall–Kier alpha value is -12.8. The second kappa shape index (κ2) is 49.6. The van der Waals surface area contributed by atoms with Crippen LogP contribution in [0.25, 0.3) is 0 Å². The van der Waals surface area contributed by atoms with Gasteiger partial charge in [0.1, 0.15) is 79.0 Å². The summed E-state index contributed by atoms with van der Waals surface area (Å²) in [6.45, 7) is 1.80. The Bertz CT molecular complexity index is 3680. The van der Waals surface area contributed by atoms with Crippen molar-refractivity contribution >= 4 is 130 Å². The monoisotopic (exact) mass is 1640 g/mol. The minimum absolute atomic E-state index is 0.00802. The van der Waals surface area contributed by atoms with Gasteiger partial charge in [0.15, 0.2) is 5.96 Å². The van der Waals surface area contributed by atoms with Gasteiger partial charge in [-0.3, -0.25) is 106 Å². The summed E-state index contributed by atoms with van der Waals surface area (Å²) in [7, 11) is 0. The fraction of sp³-hybridized carbons (Fsp3) is 0.615. The van der Waals surface area contributed by atoms with Crippen molar-refractivity contribution in [3.05, 3.63) is 18.2 Å². The van der Waals surface area contributed by atoms with Gasteiger partial charge in [-0.1, -0.05) is 27.7 Å². The topological polar surface area (TPSA) is 834 Å². The summed E-state index contributed by atoms with van der Waals surface area (Å²) in [5.74, 6) is -27.9. The van der Waals surface area contributed by atoms with E-state index in [0.29, 0.717) is 0 Å². The van der Waals surface area contributed by atoms with Crippen molar-refractivity contribution in [2.45, 2.75) is 203 Å². The van der Waals surface area contributed by atoms with Crippen LogP contribution >= 0.6 is 0 Å². The van der Waals surface area contributed by atoms with Gasteiger partial charge >= 0.3 is 23.9 Å². The van der Waals surface area contributed by atoms with Crippen LogP contribution in [0.4, 0.5) is 0 Å². The van der Waals surface area contributed by atoms with Crippen LogP contribution in [-0.2, 0) is 107 Å². The molecule has 115 heavy (non-hydrogen) atoms. The summed E-state index contributed by atoms with van der Waals surface area (Å²) in [6, 6.07) is -23.5. The number of aromatic nitrogens is 2. The first-order chi connectivity index (χ1) is 53.9. The number of carbonyl (C=O) groups is 21. The molecule has 0 unspecified atom stereocenters. The second-order valence-electron chi connectivity index (χ2n) is 27.2. The van der Waals surface area contributed by atoms with Gasteiger partial charge in [0.25, 0.3) is 0 Å². The van der Waals surface area contributed by atoms with Crippen molar-refractivity contribution in [1.29, 1.82) is 5.41 Å². The first-order valence-electron chi connectivity index (χ1n) is 35.8. The molecular formula is C65H103N23O27. The molecule has 0 spiro atoms. The number of aliphatic hydroxyl groups excluding tert-OH is 2. The van der Waals surface area contributed by atoms with Crippen molar-refractivity contribution in [2.24, 2.45) is 40.5 Å². The third kappa shape index (κ3) is 37.4. The Kier molecular flexibility index (Phi) is 42.4. The molecular weight excluding hydrogens is 1530 g/mol. The number of carboxylic acid groups (broad SMARTS) is 4. The summed E-state index contributed by atoms with van der Waals surface area (Å²) in [6.07, 6.45) is -5.03. The molecule has 0 bridgehead atoms. The fourth-order valence-corrected chi connectivity index (χ4v) is 11.0. The molecule has 0 radical (unpaired) electrons. The molecule has 0 saturated carbocycles. The first kappa shape index (κ1) is 98.3. The molecule has 17 amide bonds. The molecule has 2 rings (SSSR count). The molecule has 0 aliphatic carbocycles. The maximum absolute atomic E-state index is 14.4. The molecule has 0 aromatic carbocycles. The lowest BCUT2D eigenvalue weighted by Crippen LogP contribution is -2.61. The van der Waals surface area contributed by atoms with Gasteiger partial charge in [-0.15, -0.1) is 0 Å². The van der Waals surface area contributed by atoms with Crippen molar-refractivity contribution < 1.29 is 131 Å². The molecule has 32 N–H and O–H groups in total. The summed E-state index contributed by atoms with van der Waals surface area (Å²) < 4.78 is 0. The summed E-state index contributed by atoms with van der Waals surface area (Å²) >= 11 is 0. The molecule has 13 atom stereocenters. The number of aliphatic hydroxyl groups is 2. The van der Waals surface area contributed by atoms with Crippen LogP contribution in [0.1, 0.15) is 123 Å². The maximum atomic E-state index is 14.4. The largest absolute Gasteiger partial charge is 0.481 e. The van der Waals surface area contributed by atoms with E-state index in [-0.39, 0.29) is 63.7 Å². The molecule has 1 aliphatic rings. The molecule has 1 aromatic heterocycles. The number of nitrogens with zero attached hydrogens (tertiary/aromatic N) is 2. The van der Waals surface area contributed by atoms with Crippen molar-refractivity contribution in [1.82, 2.24) is 89.3 Å². The number of rotatable bonds is 54. The lowest BCUT2D eigenvalue weighted by Gasteiger charge is -2.31. The number of likely N-dealkylation sites (tertiary alicyclic amines) is 1. The van der Waals surface area contributed by atoms with E-state index in [1.165, 1.54) is 12.5 Å². The molecule has 50 nitrogen and oxygen atoms in total. The number of primary amides is 3. The fourth-order valence-electron chi connectivity index (χ4n) is 11.0. The minimum atomic E-state index is -2.24. The second-order valence-corrected chi connectivity index (χ2v) is 27.2. The highest BCUT2D eigenvalue weighted by Gasteiger charge is 2.42. The molecule has 1 aromatic rings. The number of hydrogen-bond donors (Lipinski definition) is 27. The lowest BCUT2D eigenvalue weighted by molar-refractivity contribution is -0.143. The molecule has 1 saturated heterocycles. The number of imidazole rings is 1. The molecule has 1 aliphatic heterocycles. The van der Waals surface area contributed by atoms with Gasteiger partial charge < -0.3 is 144 Å². The summed E-state index contributed by atoms with van der Waals surface area (Å²) in [5, 5.41) is 97.0. The van der Waals surface area contributed by atoms with E-state index < -0.39 is 298 Å². The van der Waals surface area contributed by atoms with Crippen molar-refractivity contribution in [3.8, 4) is 0 Å². The van der Waals surface area contributed by atoms with Crippen LogP contribution in [0.15, 0.2) is 12.5 Å². The van der Waals surface area contributed by atoms with E-state index >= 15 is 0 Å². The number of carbonyl (C=O) groups excluding carboxylic acids is 17.